The van der Waals surface area contributed by atoms with Gasteiger partial charge in [-0.15, -0.1) is 0 Å². The fourth-order valence-electron chi connectivity index (χ4n) is 5.16. The van der Waals surface area contributed by atoms with Crippen LogP contribution in [0, 0.1) is 5.41 Å². The number of carbonyl (C=O) groups is 1. The Morgan fingerprint density at radius 2 is 1.93 bits per heavy atom. The largest absolute Gasteiger partial charge is 0.357 e. The maximum absolute atomic E-state index is 13.6. The van der Waals surface area contributed by atoms with Crippen LogP contribution in [-0.4, -0.2) is 38.8 Å². The highest BCUT2D eigenvalue weighted by Crippen LogP contribution is 2.42. The fraction of sp³-hybridized carbons (Fsp3) is 0.500. The summed E-state index contributed by atoms with van der Waals surface area (Å²) in [6, 6.07) is 4.06. The second-order valence-corrected chi connectivity index (χ2v) is 8.78. The molecule has 0 aromatic carbocycles. The summed E-state index contributed by atoms with van der Waals surface area (Å²) in [5.41, 5.74) is 3.59. The van der Waals surface area contributed by atoms with Gasteiger partial charge in [-0.1, -0.05) is 26.2 Å². The van der Waals surface area contributed by atoms with Crippen LogP contribution in [0.2, 0.25) is 0 Å². The summed E-state index contributed by atoms with van der Waals surface area (Å²) in [7, 11) is 0. The molecule has 0 radical (unpaired) electrons. The predicted molar refractivity (Wildman–Crippen MR) is 119 cm³/mol. The molecule has 4 heterocycles. The number of nitrogens with zero attached hydrogens (tertiary/aromatic N) is 4. The number of carbonyl (C=O) groups excluding carboxylic acids is 1. The molecule has 0 atom stereocenters. The summed E-state index contributed by atoms with van der Waals surface area (Å²) in [6.45, 7) is 4.25. The number of aromatic nitrogens is 4. The average molecular weight is 404 g/mol. The van der Waals surface area contributed by atoms with Crippen molar-refractivity contribution in [3.05, 3.63) is 36.3 Å². The van der Waals surface area contributed by atoms with E-state index in [0.29, 0.717) is 16.7 Å². The molecule has 1 aliphatic carbocycles. The topological polar surface area (TPSA) is 74.8 Å². The number of fused-ring (bicyclic) bond motifs is 1. The Labute approximate surface area is 177 Å². The smallest absolute Gasteiger partial charge is 0.172 e. The van der Waals surface area contributed by atoms with E-state index in [4.69, 9.17) is 4.98 Å². The maximum atomic E-state index is 13.6. The van der Waals surface area contributed by atoms with Crippen molar-refractivity contribution in [2.45, 2.75) is 58.3 Å². The highest BCUT2D eigenvalue weighted by Gasteiger charge is 2.39. The third-order valence-electron chi connectivity index (χ3n) is 7.07. The molecular weight excluding hydrogens is 374 g/mol. The normalized spacial score (nSPS) is 18.8. The van der Waals surface area contributed by atoms with E-state index in [1.807, 2.05) is 18.5 Å². The Bertz CT molecular complexity index is 1060. The number of hydrogen-bond acceptors (Lipinski definition) is 5. The van der Waals surface area contributed by atoms with Gasteiger partial charge >= 0.3 is 0 Å². The minimum absolute atomic E-state index is 0.231. The van der Waals surface area contributed by atoms with Gasteiger partial charge in [0.1, 0.15) is 11.3 Å². The predicted octanol–water partition coefficient (Wildman–Crippen LogP) is 5.16. The molecule has 6 heteroatoms. The van der Waals surface area contributed by atoms with E-state index in [9.17, 15) is 4.79 Å². The summed E-state index contributed by atoms with van der Waals surface area (Å²) < 4.78 is 0. The highest BCUT2D eigenvalue weighted by atomic mass is 16.1. The van der Waals surface area contributed by atoms with Gasteiger partial charge in [-0.05, 0) is 44.2 Å². The minimum Gasteiger partial charge on any atom is -0.357 e. The van der Waals surface area contributed by atoms with Gasteiger partial charge < -0.3 is 9.88 Å². The van der Waals surface area contributed by atoms with E-state index in [2.05, 4.69) is 32.8 Å². The molecule has 156 valence electrons. The van der Waals surface area contributed by atoms with Crippen LogP contribution in [0.3, 0.4) is 0 Å². The van der Waals surface area contributed by atoms with Gasteiger partial charge in [-0.25, -0.2) is 15.0 Å². The van der Waals surface area contributed by atoms with Crippen LogP contribution in [0.1, 0.15) is 68.6 Å². The number of Topliss-reactive ketones (excluding diaryl/α,β-unsaturated/α-hetero) is 1. The summed E-state index contributed by atoms with van der Waals surface area (Å²) >= 11 is 0. The van der Waals surface area contributed by atoms with Gasteiger partial charge in [0.25, 0.3) is 0 Å². The number of pyridine rings is 1. The Morgan fingerprint density at radius 1 is 1.13 bits per heavy atom. The summed E-state index contributed by atoms with van der Waals surface area (Å²) in [6.07, 6.45) is 14.2. The first-order valence-electron chi connectivity index (χ1n) is 11.3. The van der Waals surface area contributed by atoms with Crippen LogP contribution >= 0.6 is 0 Å². The van der Waals surface area contributed by atoms with Crippen LogP contribution in [-0.2, 0) is 0 Å². The first kappa shape index (κ1) is 19.2. The summed E-state index contributed by atoms with van der Waals surface area (Å²) in [4.78, 5) is 33.1. The van der Waals surface area contributed by atoms with Crippen molar-refractivity contribution in [2.75, 3.05) is 18.0 Å². The Kier molecular flexibility index (Phi) is 5.01. The van der Waals surface area contributed by atoms with Gasteiger partial charge in [0, 0.05) is 36.5 Å². The van der Waals surface area contributed by atoms with Gasteiger partial charge in [-0.3, -0.25) is 4.79 Å². The third-order valence-corrected chi connectivity index (χ3v) is 7.07. The lowest BCUT2D eigenvalue weighted by molar-refractivity contribution is 0.0704. The van der Waals surface area contributed by atoms with E-state index < -0.39 is 0 Å². The Balaban J connectivity index is 1.52. The summed E-state index contributed by atoms with van der Waals surface area (Å²) in [5, 5.41) is 0. The monoisotopic (exact) mass is 403 g/mol. The quantitative estimate of drug-likeness (QED) is 0.595. The van der Waals surface area contributed by atoms with Crippen LogP contribution in [0.15, 0.2) is 30.7 Å². The molecule has 30 heavy (non-hydrogen) atoms. The minimum atomic E-state index is -0.245. The molecule has 1 aliphatic heterocycles. The molecule has 2 aliphatic rings. The second kappa shape index (κ2) is 7.82. The lowest BCUT2D eigenvalue weighted by Crippen LogP contribution is -2.32. The first-order valence-corrected chi connectivity index (χ1v) is 11.3. The highest BCUT2D eigenvalue weighted by molar-refractivity contribution is 6.09. The zero-order chi connectivity index (χ0) is 20.6. The molecule has 1 saturated carbocycles. The molecule has 0 spiro atoms. The molecule has 6 nitrogen and oxygen atoms in total. The number of nitrogens with one attached hydrogen (secondary N) is 1. The Hall–Kier alpha value is -2.76. The molecule has 1 N–H and O–H groups in total. The molecule has 1 saturated heterocycles. The molecule has 0 unspecified atom stereocenters. The number of hydrogen-bond donors (Lipinski definition) is 1. The number of rotatable bonds is 5. The molecule has 3 aromatic rings. The number of H-pyrrole nitrogens is 1. The number of anilines is 1. The van der Waals surface area contributed by atoms with Crippen LogP contribution in [0.25, 0.3) is 22.4 Å². The van der Waals surface area contributed by atoms with Gasteiger partial charge in [0.15, 0.2) is 11.4 Å². The lowest BCUT2D eigenvalue weighted by Gasteiger charge is -2.34. The molecule has 3 aromatic heterocycles. The lowest BCUT2D eigenvalue weighted by atomic mass is 9.68. The molecular formula is C24H29N5O. The molecule has 5 rings (SSSR count). The SMILES string of the molecule is CCC1(C(=O)c2c[nH]c3ncc(-c4ccnc(N5CCCC5)c4)nc23)CCCCC1. The zero-order valence-electron chi connectivity index (χ0n) is 17.7. The van der Waals surface area contributed by atoms with E-state index in [-0.39, 0.29) is 11.2 Å². The summed E-state index contributed by atoms with van der Waals surface area (Å²) in [5.74, 6) is 1.22. The van der Waals surface area contributed by atoms with Gasteiger partial charge in [0.2, 0.25) is 0 Å². The maximum Gasteiger partial charge on any atom is 0.172 e. The van der Waals surface area contributed by atoms with Gasteiger partial charge in [0.05, 0.1) is 17.5 Å². The molecule has 2 fully saturated rings. The van der Waals surface area contributed by atoms with Crippen molar-refractivity contribution in [1.82, 2.24) is 19.9 Å². The molecule has 0 amide bonds. The van der Waals surface area contributed by atoms with E-state index in [1.54, 1.807) is 6.20 Å². The van der Waals surface area contributed by atoms with Crippen molar-refractivity contribution in [2.24, 2.45) is 5.41 Å². The Morgan fingerprint density at radius 3 is 2.70 bits per heavy atom. The number of aromatic amines is 1. The van der Waals surface area contributed by atoms with E-state index in [1.165, 1.54) is 19.3 Å². The van der Waals surface area contributed by atoms with Crippen molar-refractivity contribution in [3.63, 3.8) is 0 Å². The fourth-order valence-corrected chi connectivity index (χ4v) is 5.16. The average Bonchev–Trinajstić information content (AvgIpc) is 3.49. The van der Waals surface area contributed by atoms with Crippen molar-refractivity contribution < 1.29 is 4.79 Å². The zero-order valence-corrected chi connectivity index (χ0v) is 17.7. The second-order valence-electron chi connectivity index (χ2n) is 8.78. The van der Waals surface area contributed by atoms with Crippen LogP contribution < -0.4 is 4.90 Å². The standard InChI is InChI=1S/C24H29N5O/c1-2-24(9-4-3-5-10-24)22(30)18-15-26-23-21(18)28-19(16-27-23)17-8-11-25-20(14-17)29-12-6-7-13-29/h8,11,14-16H,2-7,9-10,12-13H2,1H3,(H,26,27). The van der Waals surface area contributed by atoms with Crippen molar-refractivity contribution >= 4 is 22.8 Å². The van der Waals surface area contributed by atoms with Crippen molar-refractivity contribution in [1.29, 1.82) is 0 Å². The van der Waals surface area contributed by atoms with E-state index in [0.717, 1.165) is 62.3 Å². The van der Waals surface area contributed by atoms with Crippen LogP contribution in [0.4, 0.5) is 5.82 Å². The van der Waals surface area contributed by atoms with Crippen LogP contribution in [0.5, 0.6) is 0 Å². The first-order chi connectivity index (χ1) is 14.7. The van der Waals surface area contributed by atoms with E-state index >= 15 is 0 Å². The van der Waals surface area contributed by atoms with Crippen molar-refractivity contribution in [3.8, 4) is 11.3 Å². The number of ketones is 1. The van der Waals surface area contributed by atoms with Gasteiger partial charge in [-0.2, -0.15) is 0 Å². The molecule has 0 bridgehead atoms. The third kappa shape index (κ3) is 3.28.